The fourth-order valence-corrected chi connectivity index (χ4v) is 3.11. The number of carbonyl (C=O) groups is 2. The molecule has 0 aliphatic carbocycles. The predicted molar refractivity (Wildman–Crippen MR) is 79.9 cm³/mol. The average molecular weight is 304 g/mol. The van der Waals surface area contributed by atoms with Gasteiger partial charge in [-0.25, -0.2) is 0 Å². The molecule has 0 radical (unpaired) electrons. The Labute approximate surface area is 129 Å². The van der Waals surface area contributed by atoms with Gasteiger partial charge in [-0.1, -0.05) is 6.07 Å². The van der Waals surface area contributed by atoms with Gasteiger partial charge in [0.25, 0.3) is 5.91 Å². The second kappa shape index (κ2) is 6.25. The van der Waals surface area contributed by atoms with E-state index in [4.69, 9.17) is 15.2 Å². The van der Waals surface area contributed by atoms with E-state index >= 15 is 0 Å². The summed E-state index contributed by atoms with van der Waals surface area (Å²) in [4.78, 5) is 25.9. The van der Waals surface area contributed by atoms with Crippen molar-refractivity contribution < 1.29 is 19.1 Å². The van der Waals surface area contributed by atoms with Gasteiger partial charge < -0.3 is 20.1 Å². The molecule has 0 spiro atoms. The Morgan fingerprint density at radius 2 is 2.05 bits per heavy atom. The molecule has 0 aromatic heterocycles. The maximum atomic E-state index is 12.9. The van der Waals surface area contributed by atoms with Crippen molar-refractivity contribution in [3.63, 3.8) is 0 Å². The Bertz CT molecular complexity index is 588. The van der Waals surface area contributed by atoms with Gasteiger partial charge in [0, 0.05) is 19.0 Å². The minimum absolute atomic E-state index is 0.117. The van der Waals surface area contributed by atoms with Crippen molar-refractivity contribution in [1.82, 2.24) is 4.90 Å². The third-order valence-corrected chi connectivity index (χ3v) is 4.12. The Morgan fingerprint density at radius 3 is 2.86 bits per heavy atom. The van der Waals surface area contributed by atoms with E-state index in [-0.39, 0.29) is 24.3 Å². The van der Waals surface area contributed by atoms with Crippen LogP contribution in [-0.2, 0) is 4.79 Å². The number of amides is 2. The van der Waals surface area contributed by atoms with Crippen LogP contribution in [0.3, 0.4) is 0 Å². The first kappa shape index (κ1) is 14.7. The molecule has 3 rings (SSSR count). The van der Waals surface area contributed by atoms with E-state index in [0.717, 1.165) is 19.3 Å². The monoisotopic (exact) mass is 304 g/mol. The van der Waals surface area contributed by atoms with Crippen molar-refractivity contribution in [2.45, 2.75) is 31.7 Å². The first-order chi connectivity index (χ1) is 10.7. The van der Waals surface area contributed by atoms with Crippen LogP contribution >= 0.6 is 0 Å². The fraction of sp³-hybridized carbons (Fsp3) is 0.500. The van der Waals surface area contributed by atoms with E-state index in [9.17, 15) is 9.59 Å². The summed E-state index contributed by atoms with van der Waals surface area (Å²) in [6.45, 7) is 1.56. The van der Waals surface area contributed by atoms with Crippen LogP contribution in [0.15, 0.2) is 18.2 Å². The number of nitrogens with zero attached hydrogens (tertiary/aromatic N) is 1. The standard InChI is InChI=1S/C16H20N2O4/c17-14(19)10-11-4-1-2-7-18(11)16(20)12-5-3-6-13-15(12)22-9-8-21-13/h3,5-6,11H,1-2,4,7-10H2,(H2,17,19). The van der Waals surface area contributed by atoms with Crippen molar-refractivity contribution in [2.24, 2.45) is 5.73 Å². The topological polar surface area (TPSA) is 81.9 Å². The maximum absolute atomic E-state index is 12.9. The van der Waals surface area contributed by atoms with Gasteiger partial charge in [0.05, 0.1) is 5.56 Å². The number of benzene rings is 1. The third kappa shape index (κ3) is 2.86. The summed E-state index contributed by atoms with van der Waals surface area (Å²) in [5.74, 6) is 0.607. The van der Waals surface area contributed by atoms with Gasteiger partial charge in [-0.15, -0.1) is 0 Å². The van der Waals surface area contributed by atoms with E-state index in [1.807, 2.05) is 0 Å². The van der Waals surface area contributed by atoms with Crippen LogP contribution in [0.25, 0.3) is 0 Å². The van der Waals surface area contributed by atoms with Gasteiger partial charge >= 0.3 is 0 Å². The minimum Gasteiger partial charge on any atom is -0.486 e. The molecule has 1 aromatic rings. The molecule has 1 fully saturated rings. The number of primary amides is 1. The highest BCUT2D eigenvalue weighted by molar-refractivity contribution is 5.98. The van der Waals surface area contributed by atoms with E-state index in [2.05, 4.69) is 0 Å². The number of hydrogen-bond donors (Lipinski definition) is 1. The average Bonchev–Trinajstić information content (AvgIpc) is 2.54. The number of ether oxygens (including phenoxy) is 2. The zero-order valence-corrected chi connectivity index (χ0v) is 12.4. The molecule has 1 aromatic carbocycles. The van der Waals surface area contributed by atoms with E-state index < -0.39 is 0 Å². The summed E-state index contributed by atoms with van der Waals surface area (Å²) in [5.41, 5.74) is 5.81. The largest absolute Gasteiger partial charge is 0.486 e. The summed E-state index contributed by atoms with van der Waals surface area (Å²) in [6.07, 6.45) is 2.96. The van der Waals surface area contributed by atoms with Crippen LogP contribution in [-0.4, -0.2) is 42.5 Å². The SMILES string of the molecule is NC(=O)CC1CCCCN1C(=O)c1cccc2c1OCCO2. The number of rotatable bonds is 3. The number of nitrogens with two attached hydrogens (primary N) is 1. The second-order valence-corrected chi connectivity index (χ2v) is 5.65. The van der Waals surface area contributed by atoms with Crippen LogP contribution in [0, 0.1) is 0 Å². The summed E-state index contributed by atoms with van der Waals surface area (Å²) < 4.78 is 11.1. The van der Waals surface area contributed by atoms with Crippen LogP contribution in [0.4, 0.5) is 0 Å². The minimum atomic E-state index is -0.376. The highest BCUT2D eigenvalue weighted by atomic mass is 16.6. The molecule has 2 aliphatic rings. The van der Waals surface area contributed by atoms with Crippen molar-refractivity contribution in [3.8, 4) is 11.5 Å². The second-order valence-electron chi connectivity index (χ2n) is 5.65. The van der Waals surface area contributed by atoms with Crippen molar-refractivity contribution in [2.75, 3.05) is 19.8 Å². The summed E-state index contributed by atoms with van der Waals surface area (Å²) in [7, 11) is 0. The number of hydrogen-bond acceptors (Lipinski definition) is 4. The lowest BCUT2D eigenvalue weighted by Gasteiger charge is -2.35. The normalized spacial score (nSPS) is 20.5. The molecule has 1 saturated heterocycles. The summed E-state index contributed by atoms with van der Waals surface area (Å²) in [6, 6.07) is 5.20. The molecule has 2 heterocycles. The highest BCUT2D eigenvalue weighted by Crippen LogP contribution is 2.35. The van der Waals surface area contributed by atoms with Crippen molar-refractivity contribution in [3.05, 3.63) is 23.8 Å². The zero-order valence-electron chi connectivity index (χ0n) is 12.4. The molecule has 2 amide bonds. The fourth-order valence-electron chi connectivity index (χ4n) is 3.11. The van der Waals surface area contributed by atoms with Gasteiger partial charge in [-0.3, -0.25) is 9.59 Å². The molecular weight excluding hydrogens is 284 g/mol. The first-order valence-corrected chi connectivity index (χ1v) is 7.64. The number of piperidine rings is 1. The van der Waals surface area contributed by atoms with Crippen LogP contribution in [0.5, 0.6) is 11.5 Å². The maximum Gasteiger partial charge on any atom is 0.258 e. The highest BCUT2D eigenvalue weighted by Gasteiger charge is 2.31. The van der Waals surface area contributed by atoms with E-state index in [1.54, 1.807) is 23.1 Å². The van der Waals surface area contributed by atoms with Gasteiger partial charge in [0.2, 0.25) is 5.91 Å². The molecule has 6 heteroatoms. The van der Waals surface area contributed by atoms with E-state index in [0.29, 0.717) is 36.8 Å². The summed E-state index contributed by atoms with van der Waals surface area (Å²) in [5, 5.41) is 0. The number of likely N-dealkylation sites (tertiary alicyclic amines) is 1. The molecular formula is C16H20N2O4. The third-order valence-electron chi connectivity index (χ3n) is 4.12. The van der Waals surface area contributed by atoms with Crippen LogP contribution < -0.4 is 15.2 Å². The summed E-state index contributed by atoms with van der Waals surface area (Å²) >= 11 is 0. The van der Waals surface area contributed by atoms with Gasteiger partial charge in [0.1, 0.15) is 13.2 Å². The Hall–Kier alpha value is -2.24. The van der Waals surface area contributed by atoms with Crippen LogP contribution in [0.1, 0.15) is 36.0 Å². The molecule has 0 bridgehead atoms. The molecule has 118 valence electrons. The lowest BCUT2D eigenvalue weighted by molar-refractivity contribution is -0.119. The molecule has 1 unspecified atom stereocenters. The smallest absolute Gasteiger partial charge is 0.258 e. The molecule has 2 aliphatic heterocycles. The molecule has 2 N–H and O–H groups in total. The first-order valence-electron chi connectivity index (χ1n) is 7.64. The Kier molecular flexibility index (Phi) is 4.18. The molecule has 22 heavy (non-hydrogen) atoms. The number of carbonyl (C=O) groups excluding carboxylic acids is 2. The lowest BCUT2D eigenvalue weighted by atomic mass is 9.97. The number of fused-ring (bicyclic) bond motifs is 1. The van der Waals surface area contributed by atoms with Crippen LogP contribution in [0.2, 0.25) is 0 Å². The predicted octanol–water partition coefficient (Wildman–Crippen LogP) is 1.33. The lowest BCUT2D eigenvalue weighted by Crippen LogP contribution is -2.45. The zero-order chi connectivity index (χ0) is 15.5. The number of para-hydroxylation sites is 1. The molecule has 0 saturated carbocycles. The van der Waals surface area contributed by atoms with E-state index in [1.165, 1.54) is 0 Å². The van der Waals surface area contributed by atoms with Gasteiger partial charge in [-0.05, 0) is 31.4 Å². The van der Waals surface area contributed by atoms with Gasteiger partial charge in [-0.2, -0.15) is 0 Å². The Morgan fingerprint density at radius 1 is 1.23 bits per heavy atom. The molecule has 6 nitrogen and oxygen atoms in total. The van der Waals surface area contributed by atoms with Crippen molar-refractivity contribution >= 4 is 11.8 Å². The molecule has 1 atom stereocenters. The van der Waals surface area contributed by atoms with Crippen molar-refractivity contribution in [1.29, 1.82) is 0 Å². The quantitative estimate of drug-likeness (QED) is 0.913. The Balaban J connectivity index is 1.87. The van der Waals surface area contributed by atoms with Gasteiger partial charge in [0.15, 0.2) is 11.5 Å².